The molecule has 8 heteroatoms. The van der Waals surface area contributed by atoms with Crippen LogP contribution < -0.4 is 9.47 Å². The van der Waals surface area contributed by atoms with Gasteiger partial charge >= 0.3 is 11.9 Å². The molecular weight excluding hydrogens is 352 g/mol. The second kappa shape index (κ2) is 10.7. The van der Waals surface area contributed by atoms with Crippen molar-refractivity contribution in [2.45, 2.75) is 19.8 Å². The molecule has 1 aromatic carbocycles. The van der Waals surface area contributed by atoms with E-state index in [4.69, 9.17) is 18.9 Å². The topological polar surface area (TPSA) is 119 Å². The molecule has 27 heavy (non-hydrogen) atoms. The summed E-state index contributed by atoms with van der Waals surface area (Å²) >= 11 is 0. The van der Waals surface area contributed by atoms with E-state index in [0.29, 0.717) is 11.3 Å². The van der Waals surface area contributed by atoms with E-state index in [1.54, 1.807) is 32.0 Å². The van der Waals surface area contributed by atoms with Gasteiger partial charge in [0.15, 0.2) is 23.3 Å². The Labute approximate surface area is 158 Å². The van der Waals surface area contributed by atoms with E-state index < -0.39 is 29.7 Å². The van der Waals surface area contributed by atoms with Gasteiger partial charge in [0, 0.05) is 11.5 Å². The number of benzene rings is 1. The number of nitriles is 2. The number of carbonyl (C=O) groups is 2. The van der Waals surface area contributed by atoms with Gasteiger partial charge in [0.25, 0.3) is 0 Å². The lowest BCUT2D eigenvalue weighted by Gasteiger charge is -2.26. The zero-order valence-electron chi connectivity index (χ0n) is 15.7. The summed E-state index contributed by atoms with van der Waals surface area (Å²) in [5.74, 6) is -5.11. The van der Waals surface area contributed by atoms with E-state index >= 15 is 0 Å². The molecule has 0 amide bonds. The molecule has 2 unspecified atom stereocenters. The molecule has 0 aliphatic carbocycles. The van der Waals surface area contributed by atoms with Gasteiger partial charge in [0.2, 0.25) is 0 Å². The van der Waals surface area contributed by atoms with E-state index in [0.717, 1.165) is 0 Å². The fourth-order valence-electron chi connectivity index (χ4n) is 2.75. The molecular formula is C19H22N2O6. The summed E-state index contributed by atoms with van der Waals surface area (Å²) in [6.45, 7) is 3.30. The minimum Gasteiger partial charge on any atom is -0.493 e. The highest BCUT2D eigenvalue weighted by Crippen LogP contribution is 2.42. The third-order valence-corrected chi connectivity index (χ3v) is 3.87. The van der Waals surface area contributed by atoms with Crippen LogP contribution in [0.25, 0.3) is 0 Å². The quantitative estimate of drug-likeness (QED) is 0.604. The van der Waals surface area contributed by atoms with Gasteiger partial charge in [-0.3, -0.25) is 9.59 Å². The van der Waals surface area contributed by atoms with Crippen molar-refractivity contribution >= 4 is 11.9 Å². The largest absolute Gasteiger partial charge is 0.493 e. The monoisotopic (exact) mass is 374 g/mol. The number of methoxy groups -OCH3 is 2. The van der Waals surface area contributed by atoms with Crippen LogP contribution in [0.3, 0.4) is 0 Å². The second-order valence-corrected chi connectivity index (χ2v) is 5.33. The van der Waals surface area contributed by atoms with Gasteiger partial charge in [-0.1, -0.05) is 12.1 Å². The maximum atomic E-state index is 12.4. The molecule has 0 spiro atoms. The number of nitrogens with zero attached hydrogens (tertiary/aromatic N) is 2. The highest BCUT2D eigenvalue weighted by atomic mass is 16.5. The Balaban J connectivity index is 3.65. The van der Waals surface area contributed by atoms with Crippen LogP contribution in [0.1, 0.15) is 25.3 Å². The molecule has 0 aliphatic rings. The average Bonchev–Trinajstić information content (AvgIpc) is 2.67. The Morgan fingerprint density at radius 3 is 1.85 bits per heavy atom. The minimum absolute atomic E-state index is 0.0512. The van der Waals surface area contributed by atoms with Crippen LogP contribution in [0, 0.1) is 34.5 Å². The van der Waals surface area contributed by atoms with E-state index in [2.05, 4.69) is 0 Å². The molecule has 0 aliphatic heterocycles. The number of rotatable bonds is 9. The van der Waals surface area contributed by atoms with Crippen LogP contribution in [0.15, 0.2) is 18.2 Å². The Morgan fingerprint density at radius 2 is 1.48 bits per heavy atom. The number of ether oxygens (including phenoxy) is 4. The lowest BCUT2D eigenvalue weighted by atomic mass is 9.77. The van der Waals surface area contributed by atoms with Gasteiger partial charge in [0.05, 0.1) is 39.6 Å². The molecule has 1 rings (SSSR count). The lowest BCUT2D eigenvalue weighted by Crippen LogP contribution is -2.33. The van der Waals surface area contributed by atoms with Crippen molar-refractivity contribution in [3.8, 4) is 23.6 Å². The summed E-state index contributed by atoms with van der Waals surface area (Å²) in [7, 11) is 2.81. The molecule has 144 valence electrons. The van der Waals surface area contributed by atoms with Crippen LogP contribution in [0.5, 0.6) is 11.5 Å². The first-order chi connectivity index (χ1) is 13.0. The van der Waals surface area contributed by atoms with Crippen LogP contribution >= 0.6 is 0 Å². The van der Waals surface area contributed by atoms with Gasteiger partial charge in [-0.05, 0) is 19.9 Å². The molecule has 0 N–H and O–H groups in total. The van der Waals surface area contributed by atoms with Crippen molar-refractivity contribution in [1.82, 2.24) is 0 Å². The molecule has 0 heterocycles. The summed E-state index contributed by atoms with van der Waals surface area (Å²) in [4.78, 5) is 24.7. The first kappa shape index (κ1) is 21.8. The molecule has 0 bridgehead atoms. The van der Waals surface area contributed by atoms with Crippen molar-refractivity contribution in [2.24, 2.45) is 11.8 Å². The smallest absolute Gasteiger partial charge is 0.324 e. The van der Waals surface area contributed by atoms with E-state index in [9.17, 15) is 20.1 Å². The van der Waals surface area contributed by atoms with E-state index in [1.807, 2.05) is 12.1 Å². The minimum atomic E-state index is -1.42. The van der Waals surface area contributed by atoms with Crippen molar-refractivity contribution in [2.75, 3.05) is 27.4 Å². The summed E-state index contributed by atoms with van der Waals surface area (Å²) in [5, 5.41) is 19.2. The normalized spacial score (nSPS) is 13.3. The van der Waals surface area contributed by atoms with Crippen LogP contribution in [0.4, 0.5) is 0 Å². The van der Waals surface area contributed by atoms with Gasteiger partial charge in [0.1, 0.15) is 0 Å². The van der Waals surface area contributed by atoms with Crippen molar-refractivity contribution in [3.63, 3.8) is 0 Å². The Morgan fingerprint density at radius 1 is 0.963 bits per heavy atom. The molecule has 2 atom stereocenters. The van der Waals surface area contributed by atoms with Gasteiger partial charge < -0.3 is 18.9 Å². The highest BCUT2D eigenvalue weighted by Gasteiger charge is 2.43. The summed E-state index contributed by atoms with van der Waals surface area (Å²) < 4.78 is 20.5. The van der Waals surface area contributed by atoms with Crippen LogP contribution in [-0.4, -0.2) is 39.4 Å². The Hall–Kier alpha value is -3.26. The van der Waals surface area contributed by atoms with Crippen LogP contribution in [0.2, 0.25) is 0 Å². The molecule has 0 fully saturated rings. The van der Waals surface area contributed by atoms with Gasteiger partial charge in [-0.2, -0.15) is 10.5 Å². The highest BCUT2D eigenvalue weighted by molar-refractivity contribution is 5.82. The number of para-hydroxylation sites is 1. The first-order valence-corrected chi connectivity index (χ1v) is 8.33. The fraction of sp³-hybridized carbons (Fsp3) is 0.474. The van der Waals surface area contributed by atoms with E-state index in [-0.39, 0.29) is 19.0 Å². The first-order valence-electron chi connectivity index (χ1n) is 8.33. The third-order valence-electron chi connectivity index (χ3n) is 3.87. The predicted octanol–water partition coefficient (Wildman–Crippen LogP) is 2.19. The molecule has 0 aromatic heterocycles. The lowest BCUT2D eigenvalue weighted by molar-refractivity contribution is -0.150. The summed E-state index contributed by atoms with van der Waals surface area (Å²) in [5.41, 5.74) is 0.302. The number of hydrogen-bond donors (Lipinski definition) is 0. The van der Waals surface area contributed by atoms with Gasteiger partial charge in [-0.15, -0.1) is 0 Å². The zero-order valence-corrected chi connectivity index (χ0v) is 15.7. The number of hydrogen-bond acceptors (Lipinski definition) is 8. The van der Waals surface area contributed by atoms with Crippen molar-refractivity contribution in [3.05, 3.63) is 23.8 Å². The molecule has 0 saturated carbocycles. The maximum absolute atomic E-state index is 12.4. The Bertz CT molecular complexity index is 714. The predicted molar refractivity (Wildman–Crippen MR) is 93.8 cm³/mol. The average molecular weight is 374 g/mol. The van der Waals surface area contributed by atoms with Gasteiger partial charge in [-0.25, -0.2) is 0 Å². The summed E-state index contributed by atoms with van der Waals surface area (Å²) in [6, 6.07) is 8.52. The standard InChI is InChI=1S/C19H22N2O6/c1-5-26-18(22)13(10-20)16(14(11-21)19(23)27-6-2)12-8-7-9-15(24-3)17(12)25-4/h7-9,13-14,16H,5-6H2,1-4H3. The number of carbonyl (C=O) groups excluding carboxylic acids is 2. The Kier molecular flexibility index (Phi) is 8.61. The van der Waals surface area contributed by atoms with Crippen molar-refractivity contribution < 1.29 is 28.5 Å². The number of esters is 2. The zero-order chi connectivity index (χ0) is 20.4. The second-order valence-electron chi connectivity index (χ2n) is 5.33. The third kappa shape index (κ3) is 4.89. The molecule has 0 radical (unpaired) electrons. The molecule has 0 saturated heterocycles. The van der Waals surface area contributed by atoms with E-state index in [1.165, 1.54) is 14.2 Å². The summed E-state index contributed by atoms with van der Waals surface area (Å²) in [6.07, 6.45) is 0. The van der Waals surface area contributed by atoms with Crippen LogP contribution in [-0.2, 0) is 19.1 Å². The fourth-order valence-corrected chi connectivity index (χ4v) is 2.75. The molecule has 8 nitrogen and oxygen atoms in total. The SMILES string of the molecule is CCOC(=O)C(C#N)C(c1cccc(OC)c1OC)C(C#N)C(=O)OCC. The maximum Gasteiger partial charge on any atom is 0.324 e. The molecule has 1 aromatic rings. The van der Waals surface area contributed by atoms with Crippen molar-refractivity contribution in [1.29, 1.82) is 10.5 Å².